The van der Waals surface area contributed by atoms with Gasteiger partial charge in [-0.1, -0.05) is 6.07 Å². The number of nitrogens with zero attached hydrogens (tertiary/aromatic N) is 1. The third kappa shape index (κ3) is 2.08. The monoisotopic (exact) mass is 251 g/mol. The topological polar surface area (TPSA) is 57.8 Å². The molecule has 0 spiro atoms. The molecule has 4 heteroatoms. The van der Waals surface area contributed by atoms with E-state index in [2.05, 4.69) is 15.3 Å². The Balaban J connectivity index is 1.97. The molecule has 2 heterocycles. The van der Waals surface area contributed by atoms with E-state index in [0.717, 1.165) is 22.3 Å². The molecule has 2 aromatic heterocycles. The zero-order valence-corrected chi connectivity index (χ0v) is 10.5. The van der Waals surface area contributed by atoms with Gasteiger partial charge in [0.05, 0.1) is 11.4 Å². The van der Waals surface area contributed by atoms with Crippen molar-refractivity contribution in [2.24, 2.45) is 0 Å². The first-order valence-electron chi connectivity index (χ1n) is 6.05. The first-order chi connectivity index (χ1) is 9.25. The molecule has 1 amide bonds. The summed E-state index contributed by atoms with van der Waals surface area (Å²) in [6, 6.07) is 11.2. The Morgan fingerprint density at radius 3 is 2.95 bits per heavy atom. The van der Waals surface area contributed by atoms with E-state index < -0.39 is 0 Å². The van der Waals surface area contributed by atoms with Crippen molar-refractivity contribution in [2.75, 3.05) is 5.32 Å². The van der Waals surface area contributed by atoms with Crippen molar-refractivity contribution in [3.05, 3.63) is 60.0 Å². The van der Waals surface area contributed by atoms with Gasteiger partial charge in [0.25, 0.3) is 5.91 Å². The quantitative estimate of drug-likeness (QED) is 0.735. The van der Waals surface area contributed by atoms with Gasteiger partial charge in [-0.15, -0.1) is 0 Å². The highest BCUT2D eigenvalue weighted by atomic mass is 16.1. The largest absolute Gasteiger partial charge is 0.361 e. The van der Waals surface area contributed by atoms with Gasteiger partial charge in [-0.3, -0.25) is 9.78 Å². The van der Waals surface area contributed by atoms with E-state index in [0.29, 0.717) is 5.56 Å². The lowest BCUT2D eigenvalue weighted by atomic mass is 10.1. The minimum atomic E-state index is -0.124. The zero-order valence-electron chi connectivity index (χ0n) is 10.5. The number of carbonyl (C=O) groups excluding carboxylic acids is 1. The van der Waals surface area contributed by atoms with Gasteiger partial charge < -0.3 is 10.3 Å². The number of hydrogen-bond donors (Lipinski definition) is 2. The molecule has 94 valence electrons. The molecule has 0 radical (unpaired) electrons. The fraction of sp³-hybridized carbons (Fsp3) is 0.0667. The predicted molar refractivity (Wildman–Crippen MR) is 75.2 cm³/mol. The van der Waals surface area contributed by atoms with Crippen molar-refractivity contribution in [1.82, 2.24) is 9.97 Å². The third-order valence-corrected chi connectivity index (χ3v) is 3.09. The number of H-pyrrole nitrogens is 1. The third-order valence-electron chi connectivity index (χ3n) is 3.09. The Kier molecular flexibility index (Phi) is 2.76. The van der Waals surface area contributed by atoms with E-state index in [1.165, 1.54) is 0 Å². The number of carbonyl (C=O) groups is 1. The molecule has 2 N–H and O–H groups in total. The number of aromatic nitrogens is 2. The maximum atomic E-state index is 12.3. The lowest BCUT2D eigenvalue weighted by Gasteiger charge is -2.08. The second-order valence-electron chi connectivity index (χ2n) is 4.33. The number of rotatable bonds is 2. The van der Waals surface area contributed by atoms with Crippen LogP contribution in [-0.4, -0.2) is 15.9 Å². The SMILES string of the molecule is Cc1ncccc1NC(=O)c1cccc2[nH]ccc12. The first-order valence-corrected chi connectivity index (χ1v) is 6.05. The average Bonchev–Trinajstić information content (AvgIpc) is 2.89. The molecule has 0 aliphatic carbocycles. The highest BCUT2D eigenvalue weighted by Gasteiger charge is 2.11. The van der Waals surface area contributed by atoms with Gasteiger partial charge in [-0.2, -0.15) is 0 Å². The standard InChI is InChI=1S/C15H13N3O/c1-10-13(6-3-8-16-10)18-15(19)12-4-2-5-14-11(12)7-9-17-14/h2-9,17H,1H3,(H,18,19). The van der Waals surface area contributed by atoms with E-state index in [-0.39, 0.29) is 5.91 Å². The van der Waals surface area contributed by atoms with Crippen LogP contribution in [0.25, 0.3) is 10.9 Å². The fourth-order valence-corrected chi connectivity index (χ4v) is 2.09. The fourth-order valence-electron chi connectivity index (χ4n) is 2.09. The average molecular weight is 251 g/mol. The van der Waals surface area contributed by atoms with Crippen LogP contribution >= 0.6 is 0 Å². The normalized spacial score (nSPS) is 10.6. The molecule has 19 heavy (non-hydrogen) atoms. The van der Waals surface area contributed by atoms with Crippen LogP contribution in [0.3, 0.4) is 0 Å². The van der Waals surface area contributed by atoms with Crippen LogP contribution in [0.1, 0.15) is 16.1 Å². The number of fused-ring (bicyclic) bond motifs is 1. The molecule has 3 rings (SSSR count). The predicted octanol–water partition coefficient (Wildman–Crippen LogP) is 3.12. The summed E-state index contributed by atoms with van der Waals surface area (Å²) in [4.78, 5) is 19.6. The van der Waals surface area contributed by atoms with E-state index >= 15 is 0 Å². The molecule has 0 aliphatic rings. The molecular formula is C15H13N3O. The maximum absolute atomic E-state index is 12.3. The molecule has 1 aromatic carbocycles. The highest BCUT2D eigenvalue weighted by molar-refractivity contribution is 6.12. The number of benzene rings is 1. The summed E-state index contributed by atoms with van der Waals surface area (Å²) in [5.74, 6) is -0.124. The van der Waals surface area contributed by atoms with Gasteiger partial charge in [-0.05, 0) is 37.3 Å². The molecule has 0 unspecified atom stereocenters. The van der Waals surface area contributed by atoms with Crippen molar-refractivity contribution in [1.29, 1.82) is 0 Å². The Labute approximate surface area is 110 Å². The summed E-state index contributed by atoms with van der Waals surface area (Å²) in [6.45, 7) is 1.87. The number of anilines is 1. The Bertz CT molecular complexity index is 746. The van der Waals surface area contributed by atoms with E-state index in [1.807, 2.05) is 43.5 Å². The minimum absolute atomic E-state index is 0.124. The van der Waals surface area contributed by atoms with Crippen LogP contribution in [-0.2, 0) is 0 Å². The zero-order chi connectivity index (χ0) is 13.2. The number of aryl methyl sites for hydroxylation is 1. The Morgan fingerprint density at radius 1 is 1.21 bits per heavy atom. The summed E-state index contributed by atoms with van der Waals surface area (Å²) in [5, 5.41) is 3.81. The van der Waals surface area contributed by atoms with Gasteiger partial charge >= 0.3 is 0 Å². The van der Waals surface area contributed by atoms with Gasteiger partial charge in [0.2, 0.25) is 0 Å². The van der Waals surface area contributed by atoms with Crippen LogP contribution in [0.15, 0.2) is 48.8 Å². The molecule has 0 aliphatic heterocycles. The number of aromatic amines is 1. The van der Waals surface area contributed by atoms with Gasteiger partial charge in [0.15, 0.2) is 0 Å². The minimum Gasteiger partial charge on any atom is -0.361 e. The molecule has 0 saturated carbocycles. The number of hydrogen-bond acceptors (Lipinski definition) is 2. The lowest BCUT2D eigenvalue weighted by molar-refractivity contribution is 0.102. The van der Waals surface area contributed by atoms with Crippen LogP contribution in [0.5, 0.6) is 0 Å². The molecule has 3 aromatic rings. The van der Waals surface area contributed by atoms with Gasteiger partial charge in [0, 0.05) is 28.9 Å². The summed E-state index contributed by atoms with van der Waals surface area (Å²) in [6.07, 6.45) is 3.54. The highest BCUT2D eigenvalue weighted by Crippen LogP contribution is 2.19. The van der Waals surface area contributed by atoms with Crippen molar-refractivity contribution >= 4 is 22.5 Å². The van der Waals surface area contributed by atoms with E-state index in [1.54, 1.807) is 12.3 Å². The van der Waals surface area contributed by atoms with Crippen LogP contribution in [0.2, 0.25) is 0 Å². The summed E-state index contributed by atoms with van der Waals surface area (Å²) in [5.41, 5.74) is 3.15. The Morgan fingerprint density at radius 2 is 2.11 bits per heavy atom. The summed E-state index contributed by atoms with van der Waals surface area (Å²) >= 11 is 0. The number of amides is 1. The van der Waals surface area contributed by atoms with Gasteiger partial charge in [0.1, 0.15) is 0 Å². The Hall–Kier alpha value is -2.62. The summed E-state index contributed by atoms with van der Waals surface area (Å²) in [7, 11) is 0. The van der Waals surface area contributed by atoms with E-state index in [9.17, 15) is 4.79 Å². The van der Waals surface area contributed by atoms with Crippen LogP contribution < -0.4 is 5.32 Å². The molecule has 4 nitrogen and oxygen atoms in total. The molecular weight excluding hydrogens is 238 g/mol. The molecule has 0 atom stereocenters. The molecule has 0 fully saturated rings. The number of nitrogens with one attached hydrogen (secondary N) is 2. The lowest BCUT2D eigenvalue weighted by Crippen LogP contribution is -2.13. The van der Waals surface area contributed by atoms with Crippen LogP contribution in [0, 0.1) is 6.92 Å². The molecule has 0 bridgehead atoms. The summed E-state index contributed by atoms with van der Waals surface area (Å²) < 4.78 is 0. The second kappa shape index (κ2) is 4.57. The smallest absolute Gasteiger partial charge is 0.256 e. The first kappa shape index (κ1) is 11.5. The van der Waals surface area contributed by atoms with Crippen molar-refractivity contribution in [3.8, 4) is 0 Å². The van der Waals surface area contributed by atoms with Crippen molar-refractivity contribution < 1.29 is 4.79 Å². The van der Waals surface area contributed by atoms with Crippen molar-refractivity contribution in [2.45, 2.75) is 6.92 Å². The van der Waals surface area contributed by atoms with Crippen LogP contribution in [0.4, 0.5) is 5.69 Å². The molecule has 0 saturated heterocycles. The maximum Gasteiger partial charge on any atom is 0.256 e. The van der Waals surface area contributed by atoms with E-state index in [4.69, 9.17) is 0 Å². The van der Waals surface area contributed by atoms with Crippen molar-refractivity contribution in [3.63, 3.8) is 0 Å². The second-order valence-corrected chi connectivity index (χ2v) is 4.33. The number of pyridine rings is 1. The van der Waals surface area contributed by atoms with Gasteiger partial charge in [-0.25, -0.2) is 0 Å².